The molecule has 2 aromatic carbocycles. The van der Waals surface area contributed by atoms with Gasteiger partial charge in [-0.3, -0.25) is 4.79 Å². The van der Waals surface area contributed by atoms with Crippen LogP contribution in [0, 0.1) is 5.82 Å². The maximum Gasteiger partial charge on any atom is 0.416 e. The molecule has 7 heteroatoms. The monoisotopic (exact) mass is 383 g/mol. The average molecular weight is 383 g/mol. The zero-order valence-electron chi connectivity index (χ0n) is 13.8. The number of amides is 1. The lowest BCUT2D eigenvalue weighted by atomic mass is 10.1. The minimum Gasteiger partial charge on any atom is -0.338 e. The highest BCUT2D eigenvalue weighted by Gasteiger charge is 2.31. The molecular formula is C19H17F4NOS. The minimum atomic E-state index is -4.49. The zero-order valence-corrected chi connectivity index (χ0v) is 14.6. The predicted octanol–water partition coefficient (Wildman–Crippen LogP) is 5.16. The van der Waals surface area contributed by atoms with E-state index in [0.717, 1.165) is 12.1 Å². The van der Waals surface area contributed by atoms with Crippen molar-refractivity contribution in [3.8, 4) is 0 Å². The number of benzene rings is 2. The Labute approximate surface area is 153 Å². The van der Waals surface area contributed by atoms with Crippen LogP contribution in [0.2, 0.25) is 0 Å². The standard InChI is InChI=1S/C19H17F4NOS/c20-16-7-2-1-6-15(16)17-8-9-24(10-11-26-17)18(25)13-4-3-5-14(12-13)19(21,22)23/h1-7,12,17H,8-11H2/t17-/m0/s1. The second-order valence-corrected chi connectivity index (χ2v) is 7.35. The Kier molecular flexibility index (Phi) is 5.55. The van der Waals surface area contributed by atoms with E-state index < -0.39 is 17.6 Å². The second kappa shape index (κ2) is 7.70. The first-order chi connectivity index (χ1) is 12.4. The smallest absolute Gasteiger partial charge is 0.338 e. The van der Waals surface area contributed by atoms with Crippen LogP contribution in [-0.4, -0.2) is 29.6 Å². The van der Waals surface area contributed by atoms with Crippen LogP contribution >= 0.6 is 11.8 Å². The molecule has 1 aliphatic heterocycles. The van der Waals surface area contributed by atoms with E-state index >= 15 is 0 Å². The highest BCUT2D eigenvalue weighted by atomic mass is 32.2. The molecule has 1 saturated heterocycles. The zero-order chi connectivity index (χ0) is 18.7. The van der Waals surface area contributed by atoms with Crippen LogP contribution in [0.15, 0.2) is 48.5 Å². The molecule has 0 saturated carbocycles. The lowest BCUT2D eigenvalue weighted by molar-refractivity contribution is -0.137. The Morgan fingerprint density at radius 3 is 2.58 bits per heavy atom. The average Bonchev–Trinajstić information content (AvgIpc) is 2.87. The van der Waals surface area contributed by atoms with Crippen molar-refractivity contribution in [3.05, 3.63) is 71.0 Å². The van der Waals surface area contributed by atoms with E-state index in [9.17, 15) is 22.4 Å². The fraction of sp³-hybridized carbons (Fsp3) is 0.316. The summed E-state index contributed by atoms with van der Waals surface area (Å²) >= 11 is 1.56. The fourth-order valence-electron chi connectivity index (χ4n) is 2.97. The van der Waals surface area contributed by atoms with Crippen LogP contribution in [-0.2, 0) is 6.18 Å². The normalized spacial score (nSPS) is 18.5. The summed E-state index contributed by atoms with van der Waals surface area (Å²) in [7, 11) is 0. The van der Waals surface area contributed by atoms with Gasteiger partial charge in [0.25, 0.3) is 5.91 Å². The van der Waals surface area contributed by atoms with Gasteiger partial charge in [0.2, 0.25) is 0 Å². The summed E-state index contributed by atoms with van der Waals surface area (Å²) in [6.07, 6.45) is -3.93. The Balaban J connectivity index is 1.73. The van der Waals surface area contributed by atoms with Gasteiger partial charge in [-0.2, -0.15) is 24.9 Å². The van der Waals surface area contributed by atoms with E-state index in [-0.39, 0.29) is 16.6 Å². The summed E-state index contributed by atoms with van der Waals surface area (Å²) in [5.41, 5.74) is -0.211. The molecule has 1 atom stereocenters. The third-order valence-electron chi connectivity index (χ3n) is 4.32. The molecule has 1 heterocycles. The fourth-order valence-corrected chi connectivity index (χ4v) is 4.22. The molecule has 1 aliphatic rings. The molecule has 3 rings (SSSR count). The molecule has 0 unspecified atom stereocenters. The van der Waals surface area contributed by atoms with Crippen molar-refractivity contribution in [2.75, 3.05) is 18.8 Å². The molecule has 2 nitrogen and oxygen atoms in total. The van der Waals surface area contributed by atoms with Gasteiger partial charge in [0, 0.05) is 35.2 Å². The molecule has 0 aliphatic carbocycles. The maximum absolute atomic E-state index is 14.0. The highest BCUT2D eigenvalue weighted by Crippen LogP contribution is 2.36. The SMILES string of the molecule is O=C(c1cccc(C(F)(F)F)c1)N1CCS[C@H](c2ccccc2F)CC1. The Bertz CT molecular complexity index is 793. The van der Waals surface area contributed by atoms with Gasteiger partial charge >= 0.3 is 6.18 Å². The topological polar surface area (TPSA) is 20.3 Å². The molecule has 0 bridgehead atoms. The first kappa shape index (κ1) is 18.8. The van der Waals surface area contributed by atoms with Crippen molar-refractivity contribution in [1.29, 1.82) is 0 Å². The first-order valence-corrected chi connectivity index (χ1v) is 9.23. The number of hydrogen-bond acceptors (Lipinski definition) is 2. The first-order valence-electron chi connectivity index (χ1n) is 8.19. The Morgan fingerprint density at radius 1 is 1.08 bits per heavy atom. The van der Waals surface area contributed by atoms with Gasteiger partial charge in [0.1, 0.15) is 5.82 Å². The van der Waals surface area contributed by atoms with E-state index in [1.54, 1.807) is 34.9 Å². The van der Waals surface area contributed by atoms with E-state index in [1.165, 1.54) is 18.2 Å². The third-order valence-corrected chi connectivity index (χ3v) is 5.63. The molecular weight excluding hydrogens is 366 g/mol. The molecule has 0 radical (unpaired) electrons. The van der Waals surface area contributed by atoms with Gasteiger partial charge < -0.3 is 4.90 Å². The number of carbonyl (C=O) groups excluding carboxylic acids is 1. The quantitative estimate of drug-likeness (QED) is 0.668. The van der Waals surface area contributed by atoms with E-state index in [1.807, 2.05) is 0 Å². The van der Waals surface area contributed by atoms with Crippen LogP contribution < -0.4 is 0 Å². The van der Waals surface area contributed by atoms with Crippen molar-refractivity contribution in [2.45, 2.75) is 17.8 Å². The Hall–Kier alpha value is -2.02. The lowest BCUT2D eigenvalue weighted by Gasteiger charge is -2.21. The van der Waals surface area contributed by atoms with Crippen molar-refractivity contribution in [2.24, 2.45) is 0 Å². The minimum absolute atomic E-state index is 0.0224. The van der Waals surface area contributed by atoms with Crippen molar-refractivity contribution in [3.63, 3.8) is 0 Å². The molecule has 26 heavy (non-hydrogen) atoms. The maximum atomic E-state index is 14.0. The Morgan fingerprint density at radius 2 is 1.85 bits per heavy atom. The molecule has 0 aromatic heterocycles. The van der Waals surface area contributed by atoms with E-state index in [0.29, 0.717) is 30.8 Å². The second-order valence-electron chi connectivity index (χ2n) is 6.04. The summed E-state index contributed by atoms with van der Waals surface area (Å²) in [5, 5.41) is -0.0736. The number of rotatable bonds is 2. The molecule has 138 valence electrons. The summed E-state index contributed by atoms with van der Waals surface area (Å²) in [4.78, 5) is 14.2. The summed E-state index contributed by atoms with van der Waals surface area (Å²) in [5.74, 6) is -0.0995. The molecule has 0 spiro atoms. The van der Waals surface area contributed by atoms with Crippen molar-refractivity contribution in [1.82, 2.24) is 4.90 Å². The predicted molar refractivity (Wildman–Crippen MR) is 93.6 cm³/mol. The summed E-state index contributed by atoms with van der Waals surface area (Å²) in [6, 6.07) is 11.0. The van der Waals surface area contributed by atoms with Crippen LogP contribution in [0.4, 0.5) is 17.6 Å². The number of nitrogens with zero attached hydrogens (tertiary/aromatic N) is 1. The molecule has 1 fully saturated rings. The van der Waals surface area contributed by atoms with Gasteiger partial charge in [0.05, 0.1) is 5.56 Å². The van der Waals surface area contributed by atoms with Crippen LogP contribution in [0.25, 0.3) is 0 Å². The number of alkyl halides is 3. The number of halogens is 4. The van der Waals surface area contributed by atoms with Gasteiger partial charge in [-0.25, -0.2) is 4.39 Å². The van der Waals surface area contributed by atoms with Gasteiger partial charge in [-0.05, 0) is 30.7 Å². The highest BCUT2D eigenvalue weighted by molar-refractivity contribution is 7.99. The molecule has 2 aromatic rings. The summed E-state index contributed by atoms with van der Waals surface area (Å²) < 4.78 is 52.5. The summed E-state index contributed by atoms with van der Waals surface area (Å²) in [6.45, 7) is 0.797. The third kappa shape index (κ3) is 4.20. The van der Waals surface area contributed by atoms with Crippen LogP contribution in [0.3, 0.4) is 0 Å². The van der Waals surface area contributed by atoms with Gasteiger partial charge in [-0.1, -0.05) is 24.3 Å². The van der Waals surface area contributed by atoms with Gasteiger partial charge in [0.15, 0.2) is 0 Å². The molecule has 0 N–H and O–H groups in total. The van der Waals surface area contributed by atoms with E-state index in [2.05, 4.69) is 0 Å². The lowest BCUT2D eigenvalue weighted by Crippen LogP contribution is -2.33. The van der Waals surface area contributed by atoms with Gasteiger partial charge in [-0.15, -0.1) is 0 Å². The van der Waals surface area contributed by atoms with Crippen molar-refractivity contribution >= 4 is 17.7 Å². The number of thioether (sulfide) groups is 1. The molecule has 1 amide bonds. The number of hydrogen-bond donors (Lipinski definition) is 0. The van der Waals surface area contributed by atoms with Crippen molar-refractivity contribution < 1.29 is 22.4 Å². The number of carbonyl (C=O) groups is 1. The largest absolute Gasteiger partial charge is 0.416 e. The van der Waals surface area contributed by atoms with Crippen LogP contribution in [0.5, 0.6) is 0 Å². The van der Waals surface area contributed by atoms with E-state index in [4.69, 9.17) is 0 Å². The van der Waals surface area contributed by atoms with Crippen LogP contribution in [0.1, 0.15) is 33.2 Å².